The summed E-state index contributed by atoms with van der Waals surface area (Å²) < 4.78 is 0. The monoisotopic (exact) mass is 454 g/mol. The summed E-state index contributed by atoms with van der Waals surface area (Å²) in [5.41, 5.74) is 3.05. The van der Waals surface area contributed by atoms with Gasteiger partial charge in [0.15, 0.2) is 5.78 Å². The Bertz CT molecular complexity index is 1170. The summed E-state index contributed by atoms with van der Waals surface area (Å²) in [6.45, 7) is 0.672. The van der Waals surface area contributed by atoms with Gasteiger partial charge in [-0.1, -0.05) is 24.3 Å². The number of carbonyl (C=O) groups excluding carboxylic acids is 3. The summed E-state index contributed by atoms with van der Waals surface area (Å²) in [5, 5.41) is 30.0. The first-order valence-corrected chi connectivity index (χ1v) is 10.5. The van der Waals surface area contributed by atoms with Crippen molar-refractivity contribution in [2.45, 2.75) is 13.0 Å². The molecule has 1 atom stereocenters. The molecule has 2 aromatic carbocycles. The lowest BCUT2D eigenvalue weighted by molar-refractivity contribution is -0.137. The van der Waals surface area contributed by atoms with Crippen LogP contribution in [0.1, 0.15) is 29.2 Å². The van der Waals surface area contributed by atoms with Crippen molar-refractivity contribution < 1.29 is 19.5 Å². The van der Waals surface area contributed by atoms with E-state index in [0.29, 0.717) is 33.4 Å². The molecule has 0 saturated carbocycles. The maximum absolute atomic E-state index is 13.3. The summed E-state index contributed by atoms with van der Waals surface area (Å²) in [4.78, 5) is 39.2. The molecule has 1 aliphatic rings. The Labute approximate surface area is 197 Å². The number of amides is 2. The van der Waals surface area contributed by atoms with Gasteiger partial charge in [0.25, 0.3) is 0 Å². The minimum Gasteiger partial charge on any atom is -0.394 e. The van der Waals surface area contributed by atoms with Crippen LogP contribution in [-0.2, 0) is 14.4 Å². The molecule has 0 aromatic heterocycles. The number of piperidine rings is 1. The predicted molar refractivity (Wildman–Crippen MR) is 125 cm³/mol. The Morgan fingerprint density at radius 3 is 1.76 bits per heavy atom. The first kappa shape index (κ1) is 24.1. The molecule has 1 saturated heterocycles. The zero-order valence-electron chi connectivity index (χ0n) is 18.5. The molecule has 0 spiro atoms. The zero-order valence-corrected chi connectivity index (χ0v) is 18.5. The van der Waals surface area contributed by atoms with Crippen molar-refractivity contribution in [3.05, 3.63) is 81.9 Å². The molecular formula is C26H22N4O4. The molecular weight excluding hydrogens is 432 g/mol. The Morgan fingerprint density at radius 1 is 0.971 bits per heavy atom. The van der Waals surface area contributed by atoms with Crippen LogP contribution in [-0.4, -0.2) is 53.3 Å². The molecule has 170 valence electrons. The molecule has 34 heavy (non-hydrogen) atoms. The molecule has 1 aliphatic heterocycles. The summed E-state index contributed by atoms with van der Waals surface area (Å²) >= 11 is 0. The molecule has 3 rings (SSSR count). The minimum atomic E-state index is -1.13. The van der Waals surface area contributed by atoms with Crippen molar-refractivity contribution in [2.24, 2.45) is 0 Å². The standard InChI is InChI=1S/C26H22N4O4/c1-17(32)29-24(16-31)26(34)30-14-22(10-18-2-6-20(12-27)7-3-18)25(33)23(15-30)11-19-4-8-21(13-28)9-5-19/h2-11,24,31H,14-16H2,1H3,(H,29,32)/b22-10+,23-11+/t24-/m1/s1. The molecule has 2 amide bonds. The Hall–Kier alpha value is -4.53. The topological polar surface area (TPSA) is 134 Å². The lowest BCUT2D eigenvalue weighted by atomic mass is 9.93. The average Bonchev–Trinajstić information content (AvgIpc) is 2.85. The van der Waals surface area contributed by atoms with E-state index in [2.05, 4.69) is 5.32 Å². The van der Waals surface area contributed by atoms with Crippen LogP contribution in [0.3, 0.4) is 0 Å². The van der Waals surface area contributed by atoms with Gasteiger partial charge in [-0.15, -0.1) is 0 Å². The highest BCUT2D eigenvalue weighted by molar-refractivity contribution is 6.15. The second-order valence-corrected chi connectivity index (χ2v) is 7.77. The molecule has 0 unspecified atom stereocenters. The first-order chi connectivity index (χ1) is 16.3. The fourth-order valence-corrected chi connectivity index (χ4v) is 3.56. The van der Waals surface area contributed by atoms with Crippen LogP contribution >= 0.6 is 0 Å². The molecule has 1 fully saturated rings. The van der Waals surface area contributed by atoms with Crippen LogP contribution in [0.2, 0.25) is 0 Å². The van der Waals surface area contributed by atoms with Gasteiger partial charge in [0.05, 0.1) is 29.9 Å². The molecule has 1 heterocycles. The molecule has 0 aliphatic carbocycles. The van der Waals surface area contributed by atoms with Crippen molar-refractivity contribution in [3.63, 3.8) is 0 Å². The van der Waals surface area contributed by atoms with Crippen molar-refractivity contribution >= 4 is 29.7 Å². The number of nitrogens with one attached hydrogen (secondary N) is 1. The highest BCUT2D eigenvalue weighted by Crippen LogP contribution is 2.23. The smallest absolute Gasteiger partial charge is 0.248 e. The molecule has 8 nitrogen and oxygen atoms in total. The lowest BCUT2D eigenvalue weighted by Gasteiger charge is -2.32. The third kappa shape index (κ3) is 5.83. The van der Waals surface area contributed by atoms with Crippen molar-refractivity contribution in [2.75, 3.05) is 19.7 Å². The summed E-state index contributed by atoms with van der Waals surface area (Å²) in [5.74, 6) is -1.21. The van der Waals surface area contributed by atoms with E-state index in [4.69, 9.17) is 10.5 Å². The third-order valence-corrected chi connectivity index (χ3v) is 5.24. The third-order valence-electron chi connectivity index (χ3n) is 5.24. The van der Waals surface area contributed by atoms with Gasteiger partial charge in [0.1, 0.15) is 6.04 Å². The molecule has 8 heteroatoms. The van der Waals surface area contributed by atoms with E-state index >= 15 is 0 Å². The average molecular weight is 454 g/mol. The van der Waals surface area contributed by atoms with Crippen molar-refractivity contribution in [1.29, 1.82) is 10.5 Å². The Morgan fingerprint density at radius 2 is 1.41 bits per heavy atom. The number of hydrogen-bond acceptors (Lipinski definition) is 6. The van der Waals surface area contributed by atoms with Gasteiger partial charge in [0, 0.05) is 31.2 Å². The first-order valence-electron chi connectivity index (χ1n) is 10.5. The number of carbonyl (C=O) groups is 3. The van der Waals surface area contributed by atoms with E-state index in [1.165, 1.54) is 11.8 Å². The second kappa shape index (κ2) is 10.9. The van der Waals surface area contributed by atoms with Gasteiger partial charge in [-0.05, 0) is 47.5 Å². The Balaban J connectivity index is 1.99. The SMILES string of the molecule is CC(=O)N[C@H](CO)C(=O)N1C/C(=C\c2ccc(C#N)cc2)C(=O)/C(=C/c2ccc(C#N)cc2)C1. The van der Waals surface area contributed by atoms with E-state index in [9.17, 15) is 19.5 Å². The minimum absolute atomic E-state index is 0.00152. The number of likely N-dealkylation sites (tertiary alicyclic amines) is 1. The largest absolute Gasteiger partial charge is 0.394 e. The van der Waals surface area contributed by atoms with Crippen LogP contribution in [0, 0.1) is 22.7 Å². The van der Waals surface area contributed by atoms with E-state index in [-0.39, 0.29) is 18.9 Å². The number of rotatable bonds is 5. The van der Waals surface area contributed by atoms with Crippen LogP contribution in [0.25, 0.3) is 12.2 Å². The maximum atomic E-state index is 13.3. The predicted octanol–water partition coefficient (Wildman–Crippen LogP) is 1.81. The highest BCUT2D eigenvalue weighted by atomic mass is 16.3. The summed E-state index contributed by atoms with van der Waals surface area (Å²) in [7, 11) is 0. The van der Waals surface area contributed by atoms with E-state index in [1.807, 2.05) is 12.1 Å². The van der Waals surface area contributed by atoms with Gasteiger partial charge in [-0.25, -0.2) is 0 Å². The van der Waals surface area contributed by atoms with Gasteiger partial charge < -0.3 is 15.3 Å². The highest BCUT2D eigenvalue weighted by Gasteiger charge is 2.32. The van der Waals surface area contributed by atoms with Crippen LogP contribution in [0.5, 0.6) is 0 Å². The van der Waals surface area contributed by atoms with E-state index in [0.717, 1.165) is 0 Å². The fourth-order valence-electron chi connectivity index (χ4n) is 3.56. The number of hydrogen-bond donors (Lipinski definition) is 2. The molecule has 2 N–H and O–H groups in total. The quantitative estimate of drug-likeness (QED) is 0.662. The van der Waals surface area contributed by atoms with E-state index in [1.54, 1.807) is 60.7 Å². The van der Waals surface area contributed by atoms with Gasteiger partial charge in [-0.3, -0.25) is 14.4 Å². The summed E-state index contributed by atoms with van der Waals surface area (Å²) in [6.07, 6.45) is 3.31. The van der Waals surface area contributed by atoms with Crippen LogP contribution in [0.4, 0.5) is 0 Å². The Kier molecular flexibility index (Phi) is 7.71. The van der Waals surface area contributed by atoms with Crippen molar-refractivity contribution in [3.8, 4) is 12.1 Å². The number of aliphatic hydroxyl groups is 1. The fraction of sp³-hybridized carbons (Fsp3) is 0.192. The number of benzene rings is 2. The van der Waals surface area contributed by atoms with Gasteiger partial charge >= 0.3 is 0 Å². The number of nitriles is 2. The molecule has 2 aromatic rings. The zero-order chi connectivity index (χ0) is 24.7. The maximum Gasteiger partial charge on any atom is 0.248 e. The van der Waals surface area contributed by atoms with E-state index < -0.39 is 24.5 Å². The van der Waals surface area contributed by atoms with Gasteiger partial charge in [0.2, 0.25) is 11.8 Å². The number of aliphatic hydroxyl groups excluding tert-OH is 1. The number of ketones is 1. The molecule has 0 bridgehead atoms. The lowest BCUT2D eigenvalue weighted by Crippen LogP contribution is -2.53. The van der Waals surface area contributed by atoms with Crippen molar-refractivity contribution in [1.82, 2.24) is 10.2 Å². The number of nitrogens with zero attached hydrogens (tertiary/aromatic N) is 3. The van der Waals surface area contributed by atoms with Gasteiger partial charge in [-0.2, -0.15) is 10.5 Å². The molecule has 0 radical (unpaired) electrons. The van der Waals surface area contributed by atoms with Crippen LogP contribution in [0.15, 0.2) is 59.7 Å². The summed E-state index contributed by atoms with van der Waals surface area (Å²) in [6, 6.07) is 16.3. The number of Topliss-reactive ketones (excluding diaryl/α,β-unsaturated/α-hetero) is 1. The normalized spacial score (nSPS) is 16.6. The second-order valence-electron chi connectivity index (χ2n) is 7.77. The van der Waals surface area contributed by atoms with Crippen LogP contribution < -0.4 is 5.32 Å².